The number of benzene rings is 2. The molecule has 0 aromatic heterocycles. The van der Waals surface area contributed by atoms with E-state index in [1.54, 1.807) is 0 Å². The Morgan fingerprint density at radius 2 is 1.96 bits per heavy atom. The highest BCUT2D eigenvalue weighted by Gasteiger charge is 2.15. The Morgan fingerprint density at radius 1 is 1.13 bits per heavy atom. The molecule has 0 radical (unpaired) electrons. The van der Waals surface area contributed by atoms with Crippen LogP contribution in [0.1, 0.15) is 11.1 Å². The molecule has 3 rings (SSSR count). The molecular weight excluding hydrogens is 288 g/mol. The zero-order chi connectivity index (χ0) is 16.2. The second-order valence-electron chi connectivity index (χ2n) is 5.60. The van der Waals surface area contributed by atoms with E-state index in [1.807, 2.05) is 62.5 Å². The summed E-state index contributed by atoms with van der Waals surface area (Å²) in [5.41, 5.74) is 3.59. The zero-order valence-electron chi connectivity index (χ0n) is 13.3. The number of aliphatic imine (C=N–C) groups is 1. The molecular formula is C18H20N4O. The first kappa shape index (κ1) is 15.1. The Labute approximate surface area is 136 Å². The third kappa shape index (κ3) is 3.51. The fraction of sp³-hybridized carbons (Fsp3) is 0.222. The molecule has 23 heavy (non-hydrogen) atoms. The average Bonchev–Trinajstić information content (AvgIpc) is 2.96. The Balaban J connectivity index is 1.71. The summed E-state index contributed by atoms with van der Waals surface area (Å²) in [4.78, 5) is 18.8. The van der Waals surface area contributed by atoms with Crippen LogP contribution >= 0.6 is 0 Å². The number of likely N-dealkylation sites (N-methyl/N-ethyl adjacent to an activating group) is 1. The standard InChI is InChI=1S/C18H20N4O/c1-13-6-3-4-9-16(13)21-18(23)20-15-8-5-7-14(12-15)17-19-10-11-22(17)2/h3-9,12H,10-11H2,1-2H3,(H2,20,21,23). The SMILES string of the molecule is Cc1ccccc1NC(=O)Nc1cccc(C2=NCCN2C)c1. The van der Waals surface area contributed by atoms with Crippen LogP contribution in [0.3, 0.4) is 0 Å². The fourth-order valence-corrected chi connectivity index (χ4v) is 2.58. The number of aryl methyl sites for hydroxylation is 1. The van der Waals surface area contributed by atoms with E-state index in [9.17, 15) is 4.79 Å². The number of para-hydroxylation sites is 1. The molecule has 0 spiro atoms. The molecule has 2 N–H and O–H groups in total. The van der Waals surface area contributed by atoms with Crippen molar-refractivity contribution in [3.8, 4) is 0 Å². The number of nitrogens with one attached hydrogen (secondary N) is 2. The fourth-order valence-electron chi connectivity index (χ4n) is 2.58. The van der Waals surface area contributed by atoms with Gasteiger partial charge in [-0.15, -0.1) is 0 Å². The summed E-state index contributed by atoms with van der Waals surface area (Å²) in [6.07, 6.45) is 0. The van der Waals surface area contributed by atoms with E-state index in [2.05, 4.69) is 20.5 Å². The van der Waals surface area contributed by atoms with Crippen molar-refractivity contribution in [2.24, 2.45) is 4.99 Å². The molecule has 0 unspecified atom stereocenters. The quantitative estimate of drug-likeness (QED) is 0.914. The molecule has 1 aliphatic rings. The number of rotatable bonds is 3. The third-order valence-electron chi connectivity index (χ3n) is 3.83. The molecule has 2 aromatic carbocycles. The molecule has 0 saturated carbocycles. The monoisotopic (exact) mass is 308 g/mol. The maximum atomic E-state index is 12.2. The van der Waals surface area contributed by atoms with E-state index in [1.165, 1.54) is 0 Å². The van der Waals surface area contributed by atoms with Crippen LogP contribution in [-0.2, 0) is 0 Å². The first-order valence-corrected chi connectivity index (χ1v) is 7.63. The first-order valence-electron chi connectivity index (χ1n) is 7.63. The van der Waals surface area contributed by atoms with Gasteiger partial charge in [0, 0.05) is 30.5 Å². The Bertz CT molecular complexity index is 754. The molecule has 0 bridgehead atoms. The van der Waals surface area contributed by atoms with Gasteiger partial charge in [0.1, 0.15) is 5.84 Å². The van der Waals surface area contributed by atoms with Gasteiger partial charge in [-0.2, -0.15) is 0 Å². The maximum Gasteiger partial charge on any atom is 0.323 e. The Kier molecular flexibility index (Phi) is 4.28. The number of urea groups is 1. The lowest BCUT2D eigenvalue weighted by Crippen LogP contribution is -2.24. The number of anilines is 2. The van der Waals surface area contributed by atoms with Crippen LogP contribution in [0, 0.1) is 6.92 Å². The van der Waals surface area contributed by atoms with Crippen LogP contribution in [0.25, 0.3) is 0 Å². The van der Waals surface area contributed by atoms with Crippen molar-refractivity contribution < 1.29 is 4.79 Å². The molecule has 5 nitrogen and oxygen atoms in total. The van der Waals surface area contributed by atoms with Crippen LogP contribution < -0.4 is 10.6 Å². The minimum absolute atomic E-state index is 0.252. The van der Waals surface area contributed by atoms with Gasteiger partial charge in [0.05, 0.1) is 6.54 Å². The average molecular weight is 308 g/mol. The lowest BCUT2D eigenvalue weighted by atomic mass is 10.1. The second-order valence-corrected chi connectivity index (χ2v) is 5.60. The van der Waals surface area contributed by atoms with Gasteiger partial charge in [-0.25, -0.2) is 4.79 Å². The zero-order valence-corrected chi connectivity index (χ0v) is 13.3. The molecule has 1 aliphatic heterocycles. The van der Waals surface area contributed by atoms with Crippen molar-refractivity contribution in [3.05, 3.63) is 59.7 Å². The van der Waals surface area contributed by atoms with Crippen LogP contribution in [-0.4, -0.2) is 36.9 Å². The first-order chi connectivity index (χ1) is 11.1. The van der Waals surface area contributed by atoms with Gasteiger partial charge in [-0.3, -0.25) is 4.99 Å². The molecule has 2 amide bonds. The minimum atomic E-state index is -0.252. The number of hydrogen-bond acceptors (Lipinski definition) is 3. The lowest BCUT2D eigenvalue weighted by molar-refractivity contribution is 0.262. The van der Waals surface area contributed by atoms with Gasteiger partial charge in [0.15, 0.2) is 0 Å². The summed E-state index contributed by atoms with van der Waals surface area (Å²) < 4.78 is 0. The number of amidine groups is 1. The molecule has 1 heterocycles. The van der Waals surface area contributed by atoms with Crippen LogP contribution in [0.4, 0.5) is 16.2 Å². The van der Waals surface area contributed by atoms with Gasteiger partial charge in [0.2, 0.25) is 0 Å². The van der Waals surface area contributed by atoms with Crippen molar-refractivity contribution >= 4 is 23.2 Å². The smallest absolute Gasteiger partial charge is 0.323 e. The number of carbonyl (C=O) groups excluding carboxylic acids is 1. The Morgan fingerprint density at radius 3 is 2.70 bits per heavy atom. The minimum Gasteiger partial charge on any atom is -0.358 e. The Hall–Kier alpha value is -2.82. The van der Waals surface area contributed by atoms with Crippen LogP contribution in [0.2, 0.25) is 0 Å². The van der Waals surface area contributed by atoms with Crippen molar-refractivity contribution in [2.75, 3.05) is 30.8 Å². The summed E-state index contributed by atoms with van der Waals surface area (Å²) >= 11 is 0. The molecule has 0 saturated heterocycles. The van der Waals surface area contributed by atoms with E-state index in [4.69, 9.17) is 0 Å². The number of carbonyl (C=O) groups is 1. The normalized spacial score (nSPS) is 13.7. The summed E-state index contributed by atoms with van der Waals surface area (Å²) in [5.74, 6) is 0.966. The molecule has 118 valence electrons. The highest BCUT2D eigenvalue weighted by molar-refractivity contribution is 6.03. The van der Waals surface area contributed by atoms with Crippen molar-refractivity contribution in [2.45, 2.75) is 6.92 Å². The van der Waals surface area contributed by atoms with Gasteiger partial charge in [-0.1, -0.05) is 30.3 Å². The van der Waals surface area contributed by atoms with E-state index in [0.29, 0.717) is 0 Å². The predicted molar refractivity (Wildman–Crippen MR) is 94.3 cm³/mol. The molecule has 0 aliphatic carbocycles. The van der Waals surface area contributed by atoms with E-state index in [-0.39, 0.29) is 6.03 Å². The topological polar surface area (TPSA) is 56.7 Å². The lowest BCUT2D eigenvalue weighted by Gasteiger charge is -2.15. The summed E-state index contributed by atoms with van der Waals surface area (Å²) in [5, 5.41) is 5.74. The summed E-state index contributed by atoms with van der Waals surface area (Å²) in [7, 11) is 2.02. The largest absolute Gasteiger partial charge is 0.358 e. The summed E-state index contributed by atoms with van der Waals surface area (Å²) in [6.45, 7) is 3.71. The van der Waals surface area contributed by atoms with Crippen LogP contribution in [0.5, 0.6) is 0 Å². The number of amides is 2. The van der Waals surface area contributed by atoms with Crippen molar-refractivity contribution in [1.29, 1.82) is 0 Å². The van der Waals surface area contributed by atoms with Gasteiger partial charge < -0.3 is 15.5 Å². The third-order valence-corrected chi connectivity index (χ3v) is 3.83. The van der Waals surface area contributed by atoms with E-state index in [0.717, 1.165) is 41.4 Å². The van der Waals surface area contributed by atoms with Gasteiger partial charge in [0.25, 0.3) is 0 Å². The molecule has 5 heteroatoms. The van der Waals surface area contributed by atoms with Crippen LogP contribution in [0.15, 0.2) is 53.5 Å². The highest BCUT2D eigenvalue weighted by atomic mass is 16.2. The molecule has 0 fully saturated rings. The number of hydrogen-bond donors (Lipinski definition) is 2. The van der Waals surface area contributed by atoms with E-state index >= 15 is 0 Å². The number of nitrogens with zero attached hydrogens (tertiary/aromatic N) is 2. The summed E-state index contributed by atoms with van der Waals surface area (Å²) in [6, 6.07) is 15.2. The van der Waals surface area contributed by atoms with Gasteiger partial charge >= 0.3 is 6.03 Å². The van der Waals surface area contributed by atoms with Gasteiger partial charge in [-0.05, 0) is 30.7 Å². The van der Waals surface area contributed by atoms with E-state index < -0.39 is 0 Å². The van der Waals surface area contributed by atoms with Crippen molar-refractivity contribution in [3.63, 3.8) is 0 Å². The highest BCUT2D eigenvalue weighted by Crippen LogP contribution is 2.17. The van der Waals surface area contributed by atoms with Crippen molar-refractivity contribution in [1.82, 2.24) is 4.90 Å². The second kappa shape index (κ2) is 6.52. The molecule has 0 atom stereocenters. The maximum absolute atomic E-state index is 12.2. The predicted octanol–water partition coefficient (Wildman–Crippen LogP) is 3.33. The molecule has 2 aromatic rings.